The van der Waals surface area contributed by atoms with Gasteiger partial charge in [-0.3, -0.25) is 4.79 Å². The van der Waals surface area contributed by atoms with Crippen LogP contribution in [0.4, 0.5) is 0 Å². The Kier molecular flexibility index (Phi) is 4.63. The largest absolute Gasteiger partial charge is 0.480 e. The number of carboxylic acid groups (broad SMARTS) is 1. The summed E-state index contributed by atoms with van der Waals surface area (Å²) in [5.74, 6) is -0.170. The molecule has 0 radical (unpaired) electrons. The number of hydrogen-bond donors (Lipinski definition) is 3. The number of nitrogens with zero attached hydrogens (tertiary/aromatic N) is 1. The molecule has 1 saturated carbocycles. The predicted molar refractivity (Wildman–Crippen MR) is 88.6 cm³/mol. The van der Waals surface area contributed by atoms with Crippen molar-refractivity contribution in [1.29, 1.82) is 0 Å². The lowest BCUT2D eigenvalue weighted by Gasteiger charge is -2.38. The van der Waals surface area contributed by atoms with E-state index in [0.29, 0.717) is 25.9 Å². The molecule has 3 rings (SSSR count). The van der Waals surface area contributed by atoms with Gasteiger partial charge in [0.15, 0.2) is 0 Å². The number of rotatable bonds is 5. The van der Waals surface area contributed by atoms with Gasteiger partial charge in [-0.1, -0.05) is 0 Å². The number of carbonyl (C=O) groups is 2. The van der Waals surface area contributed by atoms with Crippen molar-refractivity contribution >= 4 is 33.7 Å². The van der Waals surface area contributed by atoms with Crippen LogP contribution in [0.5, 0.6) is 0 Å². The molecule has 2 fully saturated rings. The van der Waals surface area contributed by atoms with Gasteiger partial charge in [0.25, 0.3) is 5.91 Å². The topological polar surface area (TPSA) is 120 Å². The first-order valence-electron chi connectivity index (χ1n) is 7.67. The molecule has 0 spiro atoms. The van der Waals surface area contributed by atoms with Crippen molar-refractivity contribution in [1.82, 2.24) is 14.6 Å². The number of hydrogen-bond acceptors (Lipinski definition) is 5. The van der Waals surface area contributed by atoms with Crippen LogP contribution >= 0.6 is 11.8 Å². The van der Waals surface area contributed by atoms with E-state index in [-0.39, 0.29) is 10.6 Å². The molecule has 2 aliphatic rings. The van der Waals surface area contributed by atoms with Gasteiger partial charge in [0.1, 0.15) is 16.1 Å². The van der Waals surface area contributed by atoms with E-state index >= 15 is 0 Å². The third-order valence-electron chi connectivity index (χ3n) is 4.48. The van der Waals surface area contributed by atoms with Gasteiger partial charge in [-0.25, -0.2) is 13.2 Å². The highest BCUT2D eigenvalue weighted by Gasteiger charge is 2.46. The fraction of sp³-hybridized carbons (Fsp3) is 0.571. The Bertz CT molecular complexity index is 748. The quantitative estimate of drug-likeness (QED) is 0.691. The summed E-state index contributed by atoms with van der Waals surface area (Å²) in [5.41, 5.74) is -1.18. The van der Waals surface area contributed by atoms with Crippen molar-refractivity contribution in [2.24, 2.45) is 0 Å². The van der Waals surface area contributed by atoms with Crippen LogP contribution in [0, 0.1) is 0 Å². The summed E-state index contributed by atoms with van der Waals surface area (Å²) in [6.07, 6.45) is 2.78. The summed E-state index contributed by atoms with van der Waals surface area (Å²) in [4.78, 5) is 26.2. The number of aromatic nitrogens is 1. The van der Waals surface area contributed by atoms with Crippen molar-refractivity contribution in [2.75, 3.05) is 24.6 Å². The molecule has 24 heavy (non-hydrogen) atoms. The Morgan fingerprint density at radius 3 is 2.50 bits per heavy atom. The molecular formula is C14H19N3O5S2. The minimum absolute atomic E-state index is 0.0255. The van der Waals surface area contributed by atoms with Crippen LogP contribution in [0.25, 0.3) is 0 Å². The van der Waals surface area contributed by atoms with Crippen LogP contribution in [0.2, 0.25) is 0 Å². The Labute approximate surface area is 144 Å². The first kappa shape index (κ1) is 17.3. The third-order valence-corrected chi connectivity index (χ3v) is 7.30. The molecule has 1 aromatic heterocycles. The molecule has 3 N–H and O–H groups in total. The van der Waals surface area contributed by atoms with Crippen molar-refractivity contribution in [3.63, 3.8) is 0 Å². The average Bonchev–Trinajstić information content (AvgIpc) is 3.02. The second-order valence-corrected chi connectivity index (χ2v) is 9.12. The first-order valence-corrected chi connectivity index (χ1v) is 10.3. The number of aromatic amines is 1. The molecule has 132 valence electrons. The standard InChI is InChI=1S/C14H19N3O5S2/c18-12(16-14(13(19)20)2-1-3-14)11-8-10(9-15-11)24(21,22)17-4-6-23-7-5-17/h8-9,15H,1-7H2,(H,16,18)(H,19,20). The zero-order chi connectivity index (χ0) is 17.4. The van der Waals surface area contributed by atoms with Gasteiger partial charge in [-0.2, -0.15) is 16.1 Å². The maximum absolute atomic E-state index is 12.6. The molecule has 0 unspecified atom stereocenters. The smallest absolute Gasteiger partial charge is 0.329 e. The van der Waals surface area contributed by atoms with Crippen molar-refractivity contribution in [3.8, 4) is 0 Å². The Hall–Kier alpha value is -1.52. The lowest BCUT2D eigenvalue weighted by molar-refractivity contribution is -0.148. The van der Waals surface area contributed by atoms with Gasteiger partial charge in [-0.05, 0) is 25.3 Å². The van der Waals surface area contributed by atoms with E-state index in [4.69, 9.17) is 0 Å². The van der Waals surface area contributed by atoms with Crippen LogP contribution in [0.1, 0.15) is 29.8 Å². The second-order valence-electron chi connectivity index (χ2n) is 5.96. The summed E-state index contributed by atoms with van der Waals surface area (Å²) in [7, 11) is -3.63. The Morgan fingerprint density at radius 2 is 1.96 bits per heavy atom. The number of carbonyl (C=O) groups excluding carboxylic acids is 1. The van der Waals surface area contributed by atoms with Gasteiger partial charge in [0.2, 0.25) is 10.0 Å². The molecule has 10 heteroatoms. The minimum Gasteiger partial charge on any atom is -0.480 e. The maximum atomic E-state index is 12.6. The lowest BCUT2D eigenvalue weighted by atomic mass is 9.76. The van der Waals surface area contributed by atoms with Crippen molar-refractivity contribution in [3.05, 3.63) is 18.0 Å². The van der Waals surface area contributed by atoms with Crippen LogP contribution in [-0.2, 0) is 14.8 Å². The van der Waals surface area contributed by atoms with Crippen molar-refractivity contribution < 1.29 is 23.1 Å². The zero-order valence-electron chi connectivity index (χ0n) is 12.9. The SMILES string of the molecule is O=C(NC1(C(=O)O)CCC1)c1cc(S(=O)(=O)N2CCSCC2)c[nH]1. The molecule has 0 bridgehead atoms. The highest BCUT2D eigenvalue weighted by atomic mass is 32.2. The molecule has 1 aliphatic carbocycles. The van der Waals surface area contributed by atoms with Crippen LogP contribution < -0.4 is 5.32 Å². The first-order chi connectivity index (χ1) is 11.3. The number of thioether (sulfide) groups is 1. The Balaban J connectivity index is 1.75. The minimum atomic E-state index is -3.63. The number of nitrogens with one attached hydrogen (secondary N) is 2. The molecule has 0 atom stereocenters. The molecular weight excluding hydrogens is 354 g/mol. The van der Waals surface area contributed by atoms with E-state index in [1.54, 1.807) is 11.8 Å². The molecule has 2 heterocycles. The number of sulfonamides is 1. The third kappa shape index (κ3) is 3.05. The van der Waals surface area contributed by atoms with Crippen LogP contribution in [0.3, 0.4) is 0 Å². The van der Waals surface area contributed by atoms with Gasteiger partial charge in [0.05, 0.1) is 0 Å². The van der Waals surface area contributed by atoms with E-state index in [1.807, 2.05) is 0 Å². The summed E-state index contributed by atoms with van der Waals surface area (Å²) < 4.78 is 26.5. The van der Waals surface area contributed by atoms with Crippen molar-refractivity contribution in [2.45, 2.75) is 29.7 Å². The summed E-state index contributed by atoms with van der Waals surface area (Å²) in [5, 5.41) is 11.8. The highest BCUT2D eigenvalue weighted by Crippen LogP contribution is 2.32. The fourth-order valence-corrected chi connectivity index (χ4v) is 5.37. The second kappa shape index (κ2) is 6.41. The highest BCUT2D eigenvalue weighted by molar-refractivity contribution is 7.99. The lowest BCUT2D eigenvalue weighted by Crippen LogP contribution is -2.59. The molecule has 0 aromatic carbocycles. The number of H-pyrrole nitrogens is 1. The van der Waals surface area contributed by atoms with E-state index in [0.717, 1.165) is 17.9 Å². The number of amides is 1. The zero-order valence-corrected chi connectivity index (χ0v) is 14.6. The van der Waals surface area contributed by atoms with E-state index in [9.17, 15) is 23.1 Å². The van der Waals surface area contributed by atoms with E-state index < -0.39 is 27.4 Å². The molecule has 1 amide bonds. The molecule has 8 nitrogen and oxygen atoms in total. The average molecular weight is 373 g/mol. The summed E-state index contributed by atoms with van der Waals surface area (Å²) >= 11 is 1.70. The van der Waals surface area contributed by atoms with Crippen LogP contribution in [-0.4, -0.2) is 64.8 Å². The van der Waals surface area contributed by atoms with Gasteiger partial charge < -0.3 is 15.4 Å². The number of aliphatic carboxylic acids is 1. The van der Waals surface area contributed by atoms with Crippen LogP contribution in [0.15, 0.2) is 17.2 Å². The molecule has 1 aromatic rings. The van der Waals surface area contributed by atoms with E-state index in [1.165, 1.54) is 16.6 Å². The molecule has 1 aliphatic heterocycles. The predicted octanol–water partition coefficient (Wildman–Crippen LogP) is 0.489. The molecule has 1 saturated heterocycles. The fourth-order valence-electron chi connectivity index (χ4n) is 2.80. The summed E-state index contributed by atoms with van der Waals surface area (Å²) in [6.45, 7) is 0.893. The van der Waals surface area contributed by atoms with E-state index in [2.05, 4.69) is 10.3 Å². The van der Waals surface area contributed by atoms with Gasteiger partial charge in [0, 0.05) is 30.8 Å². The normalized spacial score (nSPS) is 21.0. The maximum Gasteiger partial charge on any atom is 0.329 e. The van der Waals surface area contributed by atoms with Gasteiger partial charge >= 0.3 is 5.97 Å². The number of carboxylic acids is 1. The Morgan fingerprint density at radius 1 is 1.29 bits per heavy atom. The summed E-state index contributed by atoms with van der Waals surface area (Å²) in [6, 6.07) is 1.26. The van der Waals surface area contributed by atoms with Gasteiger partial charge in [-0.15, -0.1) is 0 Å². The monoisotopic (exact) mass is 373 g/mol.